The summed E-state index contributed by atoms with van der Waals surface area (Å²) in [5.74, 6) is 0.410. The lowest BCUT2D eigenvalue weighted by molar-refractivity contribution is -0.513. The van der Waals surface area contributed by atoms with Crippen LogP contribution in [0.4, 0.5) is 0 Å². The van der Waals surface area contributed by atoms with E-state index in [1.54, 1.807) is 0 Å². The van der Waals surface area contributed by atoms with Gasteiger partial charge in [0.1, 0.15) is 0 Å². The van der Waals surface area contributed by atoms with Crippen molar-refractivity contribution < 1.29 is 4.58 Å². The lowest BCUT2D eigenvalue weighted by atomic mass is 9.61. The molecule has 0 spiro atoms. The standard InChI is InChI=1S/C36H37N2/c1-24-13-11-18-30-33(24)31-19-12-20-37(31)35(3,4)36(30,5)23-28-22-27-16-9-10-17-29(27)32-21-25(2)34(38(28)32)26-14-7-6-8-15-26/h6-14,16-22,26,32H,15,23H2,1-5H3/q+1. The van der Waals surface area contributed by atoms with E-state index in [1.807, 2.05) is 0 Å². The molecule has 2 nitrogen and oxygen atoms in total. The van der Waals surface area contributed by atoms with Gasteiger partial charge in [0.2, 0.25) is 6.04 Å². The molecule has 0 amide bonds. The van der Waals surface area contributed by atoms with Crippen molar-refractivity contribution in [1.29, 1.82) is 0 Å². The second-order valence-corrected chi connectivity index (χ2v) is 12.3. The molecular weight excluding hydrogens is 460 g/mol. The molecule has 4 heterocycles. The van der Waals surface area contributed by atoms with Crippen LogP contribution in [0.5, 0.6) is 0 Å². The Kier molecular flexibility index (Phi) is 5.05. The molecule has 2 heteroatoms. The van der Waals surface area contributed by atoms with Crippen LogP contribution in [-0.4, -0.2) is 14.9 Å². The zero-order valence-corrected chi connectivity index (χ0v) is 23.2. The fraction of sp³-hybridized carbons (Fsp3) is 0.306. The van der Waals surface area contributed by atoms with Gasteiger partial charge in [-0.05, 0) is 69.0 Å². The molecule has 0 bridgehead atoms. The van der Waals surface area contributed by atoms with Crippen LogP contribution in [0.2, 0.25) is 0 Å². The molecule has 3 atom stereocenters. The van der Waals surface area contributed by atoms with Gasteiger partial charge >= 0.3 is 0 Å². The predicted octanol–water partition coefficient (Wildman–Crippen LogP) is 8.50. The molecule has 0 saturated carbocycles. The Morgan fingerprint density at radius 2 is 1.79 bits per heavy atom. The summed E-state index contributed by atoms with van der Waals surface area (Å²) in [7, 11) is 0. The molecule has 0 saturated heterocycles. The van der Waals surface area contributed by atoms with Crippen LogP contribution in [0.15, 0.2) is 102 Å². The van der Waals surface area contributed by atoms with Gasteiger partial charge in [-0.2, -0.15) is 4.58 Å². The van der Waals surface area contributed by atoms with Gasteiger partial charge in [0.15, 0.2) is 11.4 Å². The highest BCUT2D eigenvalue weighted by Crippen LogP contribution is 2.55. The Labute approximate surface area is 227 Å². The highest BCUT2D eigenvalue weighted by Gasteiger charge is 2.52. The summed E-state index contributed by atoms with van der Waals surface area (Å²) >= 11 is 0. The first-order valence-electron chi connectivity index (χ1n) is 14.1. The lowest BCUT2D eigenvalue weighted by Crippen LogP contribution is -2.51. The largest absolute Gasteiger partial charge is 0.341 e. The summed E-state index contributed by atoms with van der Waals surface area (Å²) in [5, 5.41) is 0. The van der Waals surface area contributed by atoms with Crippen molar-refractivity contribution in [3.8, 4) is 11.3 Å². The highest BCUT2D eigenvalue weighted by molar-refractivity contribution is 6.01. The van der Waals surface area contributed by atoms with Crippen LogP contribution in [0, 0.1) is 12.8 Å². The van der Waals surface area contributed by atoms with E-state index in [4.69, 9.17) is 0 Å². The Morgan fingerprint density at radius 3 is 2.61 bits per heavy atom. The van der Waals surface area contributed by atoms with Gasteiger partial charge in [0.25, 0.3) is 0 Å². The minimum atomic E-state index is -0.104. The van der Waals surface area contributed by atoms with Crippen LogP contribution < -0.4 is 0 Å². The highest BCUT2D eigenvalue weighted by atomic mass is 15.1. The molecule has 7 rings (SSSR count). The minimum Gasteiger partial charge on any atom is -0.341 e. The SMILES string of the molecule is CC1=CC2c3ccccc3C=C(CC3(C)c4cccc(C)c4-c4cccn4C3(C)C)[N+]2=C1C1C=CC=CC1. The van der Waals surface area contributed by atoms with E-state index in [1.165, 1.54) is 50.5 Å². The topological polar surface area (TPSA) is 7.94 Å². The van der Waals surface area contributed by atoms with Crippen molar-refractivity contribution in [3.63, 3.8) is 0 Å². The van der Waals surface area contributed by atoms with E-state index in [-0.39, 0.29) is 17.0 Å². The van der Waals surface area contributed by atoms with E-state index in [9.17, 15) is 0 Å². The second kappa shape index (κ2) is 8.17. The number of allylic oxidation sites excluding steroid dienone is 6. The summed E-state index contributed by atoms with van der Waals surface area (Å²) < 4.78 is 5.23. The maximum atomic E-state index is 2.70. The predicted molar refractivity (Wildman–Crippen MR) is 158 cm³/mol. The number of aromatic nitrogens is 1. The van der Waals surface area contributed by atoms with Gasteiger partial charge in [-0.3, -0.25) is 0 Å². The van der Waals surface area contributed by atoms with E-state index in [0.29, 0.717) is 5.92 Å². The Hall–Kier alpha value is -3.65. The van der Waals surface area contributed by atoms with Crippen molar-refractivity contribution >= 4 is 11.8 Å². The zero-order chi connectivity index (χ0) is 26.2. The van der Waals surface area contributed by atoms with Crippen molar-refractivity contribution in [2.45, 2.75) is 64.5 Å². The number of nitrogens with zero attached hydrogens (tertiary/aromatic N) is 2. The first-order valence-corrected chi connectivity index (χ1v) is 14.1. The first kappa shape index (κ1) is 23.5. The minimum absolute atomic E-state index is 0.101. The maximum absolute atomic E-state index is 2.70. The Balaban J connectivity index is 1.45. The molecule has 3 aliphatic heterocycles. The summed E-state index contributed by atoms with van der Waals surface area (Å²) in [5.41, 5.74) is 12.5. The summed E-state index contributed by atoms with van der Waals surface area (Å²) in [6.45, 7) is 12.0. The van der Waals surface area contributed by atoms with Gasteiger partial charge in [-0.25, -0.2) is 0 Å². The molecule has 38 heavy (non-hydrogen) atoms. The molecule has 3 aromatic rings. The van der Waals surface area contributed by atoms with E-state index in [2.05, 4.69) is 141 Å². The van der Waals surface area contributed by atoms with Crippen LogP contribution in [0.3, 0.4) is 0 Å². The smallest absolute Gasteiger partial charge is 0.204 e. The third-order valence-corrected chi connectivity index (χ3v) is 9.99. The van der Waals surface area contributed by atoms with Gasteiger partial charge in [-0.15, -0.1) is 0 Å². The van der Waals surface area contributed by atoms with Crippen molar-refractivity contribution in [2.75, 3.05) is 0 Å². The summed E-state index contributed by atoms with van der Waals surface area (Å²) in [6, 6.07) is 20.7. The molecule has 2 aromatic carbocycles. The monoisotopic (exact) mass is 497 g/mol. The summed E-state index contributed by atoms with van der Waals surface area (Å²) in [6.07, 6.45) is 18.4. The molecule has 0 N–H and O–H groups in total. The normalized spacial score (nSPS) is 26.3. The number of benzene rings is 2. The average Bonchev–Trinajstić information content (AvgIpc) is 3.54. The van der Waals surface area contributed by atoms with Crippen LogP contribution >= 0.6 is 0 Å². The second-order valence-electron chi connectivity index (χ2n) is 12.3. The molecule has 1 aliphatic carbocycles. The van der Waals surface area contributed by atoms with Gasteiger partial charge < -0.3 is 4.57 Å². The van der Waals surface area contributed by atoms with Crippen LogP contribution in [0.1, 0.15) is 68.8 Å². The van der Waals surface area contributed by atoms with Gasteiger partial charge in [-0.1, -0.05) is 73.7 Å². The molecule has 4 aliphatic rings. The molecule has 3 unspecified atom stereocenters. The van der Waals surface area contributed by atoms with Crippen LogP contribution in [-0.2, 0) is 11.0 Å². The third-order valence-electron chi connectivity index (χ3n) is 9.99. The third kappa shape index (κ3) is 3.10. The lowest BCUT2D eigenvalue weighted by Gasteiger charge is -2.51. The molecule has 1 aromatic heterocycles. The number of aryl methyl sites for hydroxylation is 1. The van der Waals surface area contributed by atoms with Gasteiger partial charge in [0.05, 0.1) is 5.92 Å². The van der Waals surface area contributed by atoms with Crippen molar-refractivity contribution in [2.24, 2.45) is 5.92 Å². The fourth-order valence-electron chi connectivity index (χ4n) is 7.66. The zero-order valence-electron chi connectivity index (χ0n) is 23.2. The number of hydrogen-bond donors (Lipinski definition) is 0. The van der Waals surface area contributed by atoms with Crippen LogP contribution in [0.25, 0.3) is 17.3 Å². The van der Waals surface area contributed by atoms with E-state index in [0.717, 1.165) is 12.8 Å². The number of hydrogen-bond acceptors (Lipinski definition) is 0. The first-order chi connectivity index (χ1) is 18.3. The van der Waals surface area contributed by atoms with E-state index < -0.39 is 0 Å². The Morgan fingerprint density at radius 1 is 0.947 bits per heavy atom. The maximum Gasteiger partial charge on any atom is 0.204 e. The van der Waals surface area contributed by atoms with Crippen molar-refractivity contribution in [3.05, 3.63) is 125 Å². The van der Waals surface area contributed by atoms with E-state index >= 15 is 0 Å². The fourth-order valence-corrected chi connectivity index (χ4v) is 7.66. The quantitative estimate of drug-likeness (QED) is 0.321. The van der Waals surface area contributed by atoms with Gasteiger partial charge in [0, 0.05) is 52.0 Å². The Bertz CT molecular complexity index is 1630. The number of rotatable bonds is 3. The molecule has 190 valence electrons. The molecular formula is C36H37N2+. The average molecular weight is 498 g/mol. The number of fused-ring (bicyclic) bond motifs is 6. The molecule has 0 radical (unpaired) electrons. The molecule has 0 fully saturated rings. The van der Waals surface area contributed by atoms with Crippen molar-refractivity contribution in [1.82, 2.24) is 4.57 Å². The summed E-state index contributed by atoms with van der Waals surface area (Å²) in [4.78, 5) is 0.